The third-order valence-electron chi connectivity index (χ3n) is 3.19. The lowest BCUT2D eigenvalue weighted by Crippen LogP contribution is -2.31. The molecule has 0 aliphatic rings. The van der Waals surface area contributed by atoms with E-state index in [4.69, 9.17) is 5.73 Å². The molecule has 0 saturated carbocycles. The summed E-state index contributed by atoms with van der Waals surface area (Å²) < 4.78 is 13.8. The molecule has 0 heterocycles. The van der Waals surface area contributed by atoms with Gasteiger partial charge in [-0.2, -0.15) is 0 Å². The normalized spacial score (nSPS) is 14.1. The lowest BCUT2D eigenvalue weighted by Gasteiger charge is -2.33. The molecule has 17 heavy (non-hydrogen) atoms. The molecule has 0 spiro atoms. The quantitative estimate of drug-likeness (QED) is 0.854. The van der Waals surface area contributed by atoms with Crippen molar-refractivity contribution >= 4 is 0 Å². The second-order valence-corrected chi connectivity index (χ2v) is 5.57. The molecular formula is C14H23FN2. The molecule has 2 nitrogen and oxygen atoms in total. The van der Waals surface area contributed by atoms with Crippen molar-refractivity contribution < 1.29 is 4.39 Å². The molecule has 3 heteroatoms. The van der Waals surface area contributed by atoms with Crippen LogP contribution in [0.1, 0.15) is 31.9 Å². The van der Waals surface area contributed by atoms with Crippen LogP contribution in [-0.4, -0.2) is 25.5 Å². The van der Waals surface area contributed by atoms with Gasteiger partial charge in [-0.15, -0.1) is 0 Å². The van der Waals surface area contributed by atoms with Gasteiger partial charge < -0.3 is 10.6 Å². The molecule has 1 unspecified atom stereocenters. The van der Waals surface area contributed by atoms with Crippen LogP contribution in [0.2, 0.25) is 0 Å². The summed E-state index contributed by atoms with van der Waals surface area (Å²) in [4.78, 5) is 2.05. The fourth-order valence-corrected chi connectivity index (χ4v) is 1.92. The molecule has 1 rings (SSSR count). The van der Waals surface area contributed by atoms with Crippen LogP contribution in [0.3, 0.4) is 0 Å². The molecule has 1 atom stereocenters. The fraction of sp³-hybridized carbons (Fsp3) is 0.571. The molecule has 0 aliphatic carbocycles. The molecule has 2 N–H and O–H groups in total. The summed E-state index contributed by atoms with van der Waals surface area (Å²) >= 11 is 0. The largest absolute Gasteiger partial charge is 0.330 e. The van der Waals surface area contributed by atoms with Crippen molar-refractivity contribution in [3.05, 3.63) is 35.6 Å². The minimum absolute atomic E-state index is 0.0111. The highest BCUT2D eigenvalue weighted by Gasteiger charge is 2.26. The van der Waals surface area contributed by atoms with Gasteiger partial charge in [-0.3, -0.25) is 0 Å². The van der Waals surface area contributed by atoms with Gasteiger partial charge in [0, 0.05) is 11.6 Å². The van der Waals surface area contributed by atoms with Crippen molar-refractivity contribution in [1.82, 2.24) is 4.90 Å². The molecule has 0 aliphatic heterocycles. The van der Waals surface area contributed by atoms with Crippen molar-refractivity contribution in [3.63, 3.8) is 0 Å². The second-order valence-electron chi connectivity index (χ2n) is 5.57. The molecule has 0 amide bonds. The lowest BCUT2D eigenvalue weighted by atomic mass is 9.83. The topological polar surface area (TPSA) is 29.3 Å². The molecule has 1 aromatic carbocycles. The number of halogens is 1. The second kappa shape index (κ2) is 5.61. The first-order chi connectivity index (χ1) is 7.87. The van der Waals surface area contributed by atoms with Crippen molar-refractivity contribution in [2.45, 2.75) is 26.3 Å². The fourth-order valence-electron chi connectivity index (χ4n) is 1.92. The molecule has 0 radical (unpaired) electrons. The number of hydrogen-bond acceptors (Lipinski definition) is 2. The molecule has 1 aromatic rings. The predicted molar refractivity (Wildman–Crippen MR) is 70.3 cm³/mol. The first-order valence-corrected chi connectivity index (χ1v) is 5.98. The van der Waals surface area contributed by atoms with Crippen LogP contribution in [0, 0.1) is 11.2 Å². The third kappa shape index (κ3) is 3.79. The standard InChI is InChI=1S/C14H23FN2/c1-14(2,10-16)9-13(17(3)4)11-7-5-6-8-12(11)15/h5-8,13H,9-10,16H2,1-4H3. The Labute approximate surface area is 104 Å². The Balaban J connectivity index is 2.99. The minimum Gasteiger partial charge on any atom is -0.330 e. The van der Waals surface area contributed by atoms with E-state index in [0.29, 0.717) is 6.54 Å². The molecule has 0 saturated heterocycles. The maximum absolute atomic E-state index is 13.8. The minimum atomic E-state index is -0.140. The Morgan fingerprint density at radius 2 is 1.88 bits per heavy atom. The number of hydrogen-bond donors (Lipinski definition) is 1. The van der Waals surface area contributed by atoms with Gasteiger partial charge in [0.05, 0.1) is 0 Å². The van der Waals surface area contributed by atoms with Gasteiger partial charge in [0.1, 0.15) is 5.82 Å². The lowest BCUT2D eigenvalue weighted by molar-refractivity contribution is 0.198. The third-order valence-corrected chi connectivity index (χ3v) is 3.19. The summed E-state index contributed by atoms with van der Waals surface area (Å²) in [6.45, 7) is 4.83. The van der Waals surface area contributed by atoms with E-state index in [9.17, 15) is 4.39 Å². The van der Waals surface area contributed by atoms with E-state index in [1.807, 2.05) is 26.2 Å². The van der Waals surface area contributed by atoms with E-state index in [1.54, 1.807) is 6.07 Å². The Morgan fingerprint density at radius 1 is 1.29 bits per heavy atom. The van der Waals surface area contributed by atoms with Gasteiger partial charge in [0.25, 0.3) is 0 Å². The highest BCUT2D eigenvalue weighted by molar-refractivity contribution is 5.21. The summed E-state index contributed by atoms with van der Waals surface area (Å²) in [6.07, 6.45) is 0.845. The van der Waals surface area contributed by atoms with Gasteiger partial charge in [0.15, 0.2) is 0 Å². The first kappa shape index (κ1) is 14.1. The summed E-state index contributed by atoms with van der Waals surface area (Å²) in [5.41, 5.74) is 6.52. The monoisotopic (exact) mass is 238 g/mol. The highest BCUT2D eigenvalue weighted by atomic mass is 19.1. The zero-order chi connectivity index (χ0) is 13.1. The summed E-state index contributed by atoms with van der Waals surface area (Å²) in [7, 11) is 3.95. The van der Waals surface area contributed by atoms with Crippen LogP contribution in [-0.2, 0) is 0 Å². The molecule has 0 bridgehead atoms. The number of nitrogens with zero attached hydrogens (tertiary/aromatic N) is 1. The zero-order valence-electron chi connectivity index (χ0n) is 11.2. The number of benzene rings is 1. The first-order valence-electron chi connectivity index (χ1n) is 5.98. The maximum atomic E-state index is 13.8. The summed E-state index contributed by atoms with van der Waals surface area (Å²) in [5, 5.41) is 0. The van der Waals surface area contributed by atoms with Crippen LogP contribution in [0.15, 0.2) is 24.3 Å². The average molecular weight is 238 g/mol. The van der Waals surface area contributed by atoms with Crippen molar-refractivity contribution in [3.8, 4) is 0 Å². The maximum Gasteiger partial charge on any atom is 0.127 e. The number of nitrogens with two attached hydrogens (primary N) is 1. The van der Waals surface area contributed by atoms with Crippen molar-refractivity contribution in [1.29, 1.82) is 0 Å². The van der Waals surface area contributed by atoms with Crippen LogP contribution in [0.25, 0.3) is 0 Å². The van der Waals surface area contributed by atoms with Crippen LogP contribution in [0.4, 0.5) is 4.39 Å². The Bertz CT molecular complexity index is 361. The Hall–Kier alpha value is -0.930. The summed E-state index contributed by atoms with van der Waals surface area (Å²) in [5.74, 6) is -0.140. The van der Waals surface area contributed by atoms with Gasteiger partial charge in [0.2, 0.25) is 0 Å². The van der Waals surface area contributed by atoms with Crippen LogP contribution >= 0.6 is 0 Å². The van der Waals surface area contributed by atoms with Crippen LogP contribution in [0.5, 0.6) is 0 Å². The van der Waals surface area contributed by atoms with Gasteiger partial charge in [-0.25, -0.2) is 4.39 Å². The van der Waals surface area contributed by atoms with E-state index < -0.39 is 0 Å². The smallest absolute Gasteiger partial charge is 0.127 e. The molecule has 96 valence electrons. The predicted octanol–water partition coefficient (Wildman–Crippen LogP) is 2.80. The van der Waals surface area contributed by atoms with E-state index in [1.165, 1.54) is 6.07 Å². The van der Waals surface area contributed by atoms with E-state index in [0.717, 1.165) is 12.0 Å². The van der Waals surface area contributed by atoms with Gasteiger partial charge in [-0.05, 0) is 38.5 Å². The van der Waals surface area contributed by atoms with Crippen LogP contribution < -0.4 is 5.73 Å². The van der Waals surface area contributed by atoms with Crippen molar-refractivity contribution in [2.75, 3.05) is 20.6 Å². The number of rotatable bonds is 5. The van der Waals surface area contributed by atoms with Gasteiger partial charge in [-0.1, -0.05) is 32.0 Å². The average Bonchev–Trinajstić information content (AvgIpc) is 2.27. The highest BCUT2D eigenvalue weighted by Crippen LogP contribution is 2.33. The van der Waals surface area contributed by atoms with Gasteiger partial charge >= 0.3 is 0 Å². The van der Waals surface area contributed by atoms with E-state index in [2.05, 4.69) is 18.7 Å². The van der Waals surface area contributed by atoms with E-state index in [-0.39, 0.29) is 17.3 Å². The van der Waals surface area contributed by atoms with Crippen molar-refractivity contribution in [2.24, 2.45) is 11.1 Å². The zero-order valence-corrected chi connectivity index (χ0v) is 11.2. The Kier molecular flexibility index (Phi) is 4.66. The molecule has 0 fully saturated rings. The SMILES string of the molecule is CN(C)C(CC(C)(C)CN)c1ccccc1F. The molecule has 0 aromatic heterocycles. The summed E-state index contributed by atoms with van der Waals surface area (Å²) in [6, 6.07) is 7.03. The Morgan fingerprint density at radius 3 is 2.35 bits per heavy atom. The van der Waals surface area contributed by atoms with E-state index >= 15 is 0 Å². The molecular weight excluding hydrogens is 215 g/mol.